The van der Waals surface area contributed by atoms with Gasteiger partial charge in [0, 0.05) is 18.2 Å². The van der Waals surface area contributed by atoms with Crippen LogP contribution in [0.5, 0.6) is 0 Å². The lowest BCUT2D eigenvalue weighted by atomic mass is 9.86. The molecule has 0 aromatic heterocycles. The second-order valence-corrected chi connectivity index (χ2v) is 3.76. The highest BCUT2D eigenvalue weighted by Crippen LogP contribution is 2.34. The Morgan fingerprint density at radius 3 is 2.77 bits per heavy atom. The van der Waals surface area contributed by atoms with E-state index in [1.54, 1.807) is 0 Å². The van der Waals surface area contributed by atoms with Crippen molar-refractivity contribution < 1.29 is 8.78 Å². The monoisotopic (exact) mass is 205 g/mol. The van der Waals surface area contributed by atoms with Crippen LogP contribution >= 0.6 is 12.6 Å². The van der Waals surface area contributed by atoms with Gasteiger partial charge in [-0.15, -0.1) is 0 Å². The molecule has 0 fully saturated rings. The molecular formula is C9H13F2NS. The number of allylic oxidation sites excluding steroid dienone is 3. The molecule has 0 bridgehead atoms. The van der Waals surface area contributed by atoms with E-state index < -0.39 is 17.5 Å². The molecule has 4 heteroatoms. The fourth-order valence-electron chi connectivity index (χ4n) is 1.44. The summed E-state index contributed by atoms with van der Waals surface area (Å²) in [4.78, 5) is 0. The lowest BCUT2D eigenvalue weighted by Gasteiger charge is -2.29. The van der Waals surface area contributed by atoms with Crippen molar-refractivity contribution in [1.29, 1.82) is 0 Å². The van der Waals surface area contributed by atoms with E-state index in [1.807, 2.05) is 0 Å². The first-order chi connectivity index (χ1) is 5.97. The number of halogens is 2. The Balaban J connectivity index is 2.93. The third-order valence-corrected chi connectivity index (χ3v) is 2.54. The average Bonchev–Trinajstić information content (AvgIpc) is 2.01. The smallest absolute Gasteiger partial charge is 0.137 e. The molecule has 0 spiro atoms. The van der Waals surface area contributed by atoms with Gasteiger partial charge in [0.2, 0.25) is 0 Å². The summed E-state index contributed by atoms with van der Waals surface area (Å²) >= 11 is 3.98. The second kappa shape index (κ2) is 3.80. The first-order valence-corrected chi connectivity index (χ1v) is 4.72. The maximum atomic E-state index is 13.8. The van der Waals surface area contributed by atoms with Crippen molar-refractivity contribution in [3.05, 3.63) is 23.6 Å². The van der Waals surface area contributed by atoms with E-state index in [1.165, 1.54) is 19.1 Å². The fourth-order valence-corrected chi connectivity index (χ4v) is 1.64. The predicted molar refractivity (Wildman–Crippen MR) is 53.2 cm³/mol. The quantitative estimate of drug-likeness (QED) is 0.664. The molecule has 0 saturated heterocycles. The molecule has 1 nitrogen and oxygen atoms in total. The van der Waals surface area contributed by atoms with Gasteiger partial charge in [-0.25, -0.2) is 8.78 Å². The van der Waals surface area contributed by atoms with E-state index in [2.05, 4.69) is 12.6 Å². The first kappa shape index (κ1) is 10.7. The summed E-state index contributed by atoms with van der Waals surface area (Å²) < 4.78 is 26.5. The van der Waals surface area contributed by atoms with Crippen molar-refractivity contribution in [2.24, 2.45) is 5.73 Å². The van der Waals surface area contributed by atoms with Crippen molar-refractivity contribution in [3.8, 4) is 0 Å². The molecule has 0 amide bonds. The van der Waals surface area contributed by atoms with Gasteiger partial charge in [0.05, 0.1) is 0 Å². The Labute approximate surface area is 82.1 Å². The molecule has 2 atom stereocenters. The van der Waals surface area contributed by atoms with Gasteiger partial charge in [-0.3, -0.25) is 0 Å². The van der Waals surface area contributed by atoms with Crippen LogP contribution in [-0.4, -0.2) is 17.5 Å². The second-order valence-electron chi connectivity index (χ2n) is 3.40. The van der Waals surface area contributed by atoms with Crippen LogP contribution in [0.4, 0.5) is 8.78 Å². The van der Waals surface area contributed by atoms with Crippen molar-refractivity contribution in [3.63, 3.8) is 0 Å². The molecule has 2 unspecified atom stereocenters. The van der Waals surface area contributed by atoms with Gasteiger partial charge in [0.1, 0.15) is 11.5 Å². The molecule has 74 valence electrons. The summed E-state index contributed by atoms with van der Waals surface area (Å²) in [6.45, 7) is 1.34. The van der Waals surface area contributed by atoms with E-state index in [0.717, 1.165) is 0 Å². The lowest BCUT2D eigenvalue weighted by molar-refractivity contribution is 0.214. The van der Waals surface area contributed by atoms with Gasteiger partial charge in [-0.2, -0.15) is 12.6 Å². The summed E-state index contributed by atoms with van der Waals surface area (Å²) in [5.74, 6) is -0.0824. The maximum Gasteiger partial charge on any atom is 0.137 e. The molecule has 13 heavy (non-hydrogen) atoms. The van der Waals surface area contributed by atoms with Crippen LogP contribution in [0, 0.1) is 0 Å². The number of hydrogen-bond acceptors (Lipinski definition) is 2. The number of hydrogen-bond donors (Lipinski definition) is 2. The summed E-state index contributed by atoms with van der Waals surface area (Å²) in [5.41, 5.74) is 4.39. The normalized spacial score (nSPS) is 30.8. The zero-order chi connectivity index (χ0) is 10.1. The number of rotatable bonds is 2. The third kappa shape index (κ3) is 2.31. The van der Waals surface area contributed by atoms with Gasteiger partial charge in [0.25, 0.3) is 0 Å². The Morgan fingerprint density at radius 1 is 1.69 bits per heavy atom. The highest BCUT2D eigenvalue weighted by molar-refractivity contribution is 7.80. The molecule has 0 aromatic rings. The summed E-state index contributed by atoms with van der Waals surface area (Å²) in [6.07, 6.45) is 2.46. The number of alkyl halides is 1. The van der Waals surface area contributed by atoms with E-state index >= 15 is 0 Å². The van der Waals surface area contributed by atoms with Crippen LogP contribution < -0.4 is 5.73 Å². The summed E-state index contributed by atoms with van der Waals surface area (Å²) in [7, 11) is 0. The summed E-state index contributed by atoms with van der Waals surface area (Å²) in [6, 6.07) is -0.442. The van der Waals surface area contributed by atoms with Gasteiger partial charge in [0.15, 0.2) is 0 Å². The minimum atomic E-state index is -1.67. The number of nitrogens with two attached hydrogens (primary N) is 1. The lowest BCUT2D eigenvalue weighted by Crippen LogP contribution is -2.37. The molecule has 0 aliphatic heterocycles. The third-order valence-electron chi connectivity index (χ3n) is 2.14. The molecule has 0 aromatic carbocycles. The molecular weight excluding hydrogens is 192 g/mol. The Hall–Kier alpha value is -0.350. The van der Waals surface area contributed by atoms with Crippen LogP contribution in [0.2, 0.25) is 0 Å². The van der Waals surface area contributed by atoms with E-state index in [4.69, 9.17) is 5.73 Å². The van der Waals surface area contributed by atoms with E-state index in [9.17, 15) is 8.78 Å². The van der Waals surface area contributed by atoms with Crippen molar-refractivity contribution >= 4 is 12.6 Å². The Kier molecular flexibility index (Phi) is 3.14. The minimum Gasteiger partial charge on any atom is -0.323 e. The van der Waals surface area contributed by atoms with Gasteiger partial charge in [-0.1, -0.05) is 6.08 Å². The molecule has 1 aliphatic carbocycles. The SMILES string of the molecule is CC1(F)CC(F)=CC=C1C(N)CS. The number of thiol groups is 1. The van der Waals surface area contributed by atoms with Crippen molar-refractivity contribution in [2.75, 3.05) is 5.75 Å². The predicted octanol–water partition coefficient (Wildman–Crippen LogP) is 2.16. The molecule has 1 aliphatic rings. The highest BCUT2D eigenvalue weighted by atomic mass is 32.1. The zero-order valence-corrected chi connectivity index (χ0v) is 8.32. The maximum absolute atomic E-state index is 13.8. The van der Waals surface area contributed by atoms with Gasteiger partial charge >= 0.3 is 0 Å². The van der Waals surface area contributed by atoms with Crippen LogP contribution in [0.3, 0.4) is 0 Å². The Bertz CT molecular complexity index is 258. The van der Waals surface area contributed by atoms with E-state index in [0.29, 0.717) is 11.3 Å². The highest BCUT2D eigenvalue weighted by Gasteiger charge is 2.34. The fraction of sp³-hybridized carbons (Fsp3) is 0.556. The van der Waals surface area contributed by atoms with Gasteiger partial charge in [-0.05, 0) is 18.6 Å². The van der Waals surface area contributed by atoms with Gasteiger partial charge < -0.3 is 5.73 Å². The first-order valence-electron chi connectivity index (χ1n) is 4.09. The Morgan fingerprint density at radius 2 is 2.31 bits per heavy atom. The van der Waals surface area contributed by atoms with Crippen molar-refractivity contribution in [2.45, 2.75) is 25.1 Å². The van der Waals surface area contributed by atoms with Crippen LogP contribution in [0.25, 0.3) is 0 Å². The molecule has 0 radical (unpaired) electrons. The topological polar surface area (TPSA) is 26.0 Å². The molecule has 1 rings (SSSR count). The van der Waals surface area contributed by atoms with Crippen LogP contribution in [0.15, 0.2) is 23.6 Å². The molecule has 2 N–H and O–H groups in total. The van der Waals surface area contributed by atoms with Crippen LogP contribution in [-0.2, 0) is 0 Å². The minimum absolute atomic E-state index is 0.222. The summed E-state index contributed by atoms with van der Waals surface area (Å²) in [5, 5.41) is 0. The van der Waals surface area contributed by atoms with Crippen molar-refractivity contribution in [1.82, 2.24) is 0 Å². The standard InChI is InChI=1S/C9H13F2NS/c1-9(11)4-6(10)2-3-7(9)8(12)5-13/h2-3,8,13H,4-5,12H2,1H3. The molecule has 0 saturated carbocycles. The largest absolute Gasteiger partial charge is 0.323 e. The average molecular weight is 205 g/mol. The van der Waals surface area contributed by atoms with Crippen LogP contribution in [0.1, 0.15) is 13.3 Å². The zero-order valence-electron chi connectivity index (χ0n) is 7.43. The molecule has 0 heterocycles. The van der Waals surface area contributed by atoms with E-state index in [-0.39, 0.29) is 6.42 Å².